The molecule has 0 fully saturated rings. The van der Waals surface area contributed by atoms with Gasteiger partial charge in [-0.1, -0.05) is 19.1 Å². The Morgan fingerprint density at radius 1 is 1.37 bits per heavy atom. The molecule has 1 aliphatic carbocycles. The predicted molar refractivity (Wildman–Crippen MR) is 103 cm³/mol. The molecule has 0 aromatic carbocycles. The molecule has 1 aromatic rings. The Morgan fingerprint density at radius 3 is 2.89 bits per heavy atom. The van der Waals surface area contributed by atoms with Crippen molar-refractivity contribution in [2.45, 2.75) is 63.4 Å². The summed E-state index contributed by atoms with van der Waals surface area (Å²) in [4.78, 5) is 26.9. The van der Waals surface area contributed by atoms with Crippen LogP contribution in [0.5, 0.6) is 0 Å². The van der Waals surface area contributed by atoms with Crippen LogP contribution >= 0.6 is 0 Å². The number of amides is 2. The van der Waals surface area contributed by atoms with E-state index in [1.807, 2.05) is 6.92 Å². The zero-order valence-electron chi connectivity index (χ0n) is 16.1. The van der Waals surface area contributed by atoms with Crippen LogP contribution in [0.3, 0.4) is 0 Å². The first-order chi connectivity index (χ1) is 12.9. The third-order valence-corrected chi connectivity index (χ3v) is 6.83. The van der Waals surface area contributed by atoms with Crippen LogP contribution in [0.1, 0.15) is 51.1 Å². The summed E-state index contributed by atoms with van der Waals surface area (Å²) in [5, 5.41) is 4.30. The summed E-state index contributed by atoms with van der Waals surface area (Å²) < 4.78 is 19.0. The van der Waals surface area contributed by atoms with Crippen molar-refractivity contribution < 1.29 is 13.8 Å². The van der Waals surface area contributed by atoms with Gasteiger partial charge in [-0.15, -0.1) is 0 Å². The molecule has 0 bridgehead atoms. The number of aromatic nitrogens is 2. The van der Waals surface area contributed by atoms with E-state index in [0.29, 0.717) is 37.4 Å². The van der Waals surface area contributed by atoms with E-state index in [1.165, 1.54) is 6.26 Å². The maximum absolute atomic E-state index is 13.2. The van der Waals surface area contributed by atoms with Crippen LogP contribution in [-0.2, 0) is 32.4 Å². The maximum Gasteiger partial charge on any atom is 0.254 e. The number of hydrogen-bond donors (Lipinski definition) is 0. The smallest absolute Gasteiger partial charge is 0.254 e. The highest BCUT2D eigenvalue weighted by atomic mass is 32.2. The third kappa shape index (κ3) is 4.66. The number of fused-ring (bicyclic) bond motifs is 1. The second-order valence-corrected chi connectivity index (χ2v) is 9.58. The Bertz CT molecular complexity index is 864. The molecule has 2 unspecified atom stereocenters. The molecule has 1 aromatic heterocycles. The molecule has 0 saturated carbocycles. The molecule has 7 nitrogen and oxygen atoms in total. The van der Waals surface area contributed by atoms with Crippen LogP contribution < -0.4 is 0 Å². The fourth-order valence-corrected chi connectivity index (χ4v) is 5.09. The van der Waals surface area contributed by atoms with Crippen LogP contribution in [-0.4, -0.2) is 43.5 Å². The fourth-order valence-electron chi connectivity index (χ4n) is 3.68. The molecular weight excluding hydrogens is 364 g/mol. The largest absolute Gasteiger partial charge is 0.335 e. The second-order valence-electron chi connectivity index (χ2n) is 7.35. The quantitative estimate of drug-likeness (QED) is 0.721. The van der Waals surface area contributed by atoms with Gasteiger partial charge in [-0.05, 0) is 31.6 Å². The van der Waals surface area contributed by atoms with Gasteiger partial charge in [0.25, 0.3) is 5.91 Å². The lowest BCUT2D eigenvalue weighted by atomic mass is 9.93. The molecule has 0 saturated heterocycles. The van der Waals surface area contributed by atoms with Crippen molar-refractivity contribution in [1.29, 1.82) is 0 Å². The Balaban J connectivity index is 1.79. The van der Waals surface area contributed by atoms with E-state index in [-0.39, 0.29) is 17.7 Å². The van der Waals surface area contributed by atoms with Crippen molar-refractivity contribution in [1.82, 2.24) is 14.7 Å². The molecule has 8 heteroatoms. The van der Waals surface area contributed by atoms with Gasteiger partial charge in [0, 0.05) is 25.6 Å². The van der Waals surface area contributed by atoms with E-state index < -0.39 is 9.73 Å². The molecule has 2 amide bonds. The van der Waals surface area contributed by atoms with Gasteiger partial charge in [0.2, 0.25) is 5.91 Å². The van der Waals surface area contributed by atoms with Gasteiger partial charge < -0.3 is 4.90 Å². The van der Waals surface area contributed by atoms with Crippen LogP contribution in [0.4, 0.5) is 0 Å². The number of rotatable bonds is 5. The summed E-state index contributed by atoms with van der Waals surface area (Å²) >= 11 is 0. The molecular formula is C19H28N4O3S. The Labute approximate surface area is 161 Å². The van der Waals surface area contributed by atoms with Crippen molar-refractivity contribution in [2.24, 2.45) is 10.3 Å². The number of allylic oxidation sites excluding steroid dienone is 2. The predicted octanol–water partition coefficient (Wildman–Crippen LogP) is 2.76. The number of hydrogen-bond acceptors (Lipinski definition) is 4. The van der Waals surface area contributed by atoms with Gasteiger partial charge >= 0.3 is 0 Å². The maximum atomic E-state index is 13.2. The van der Waals surface area contributed by atoms with E-state index >= 15 is 0 Å². The average Bonchev–Trinajstić information content (AvgIpc) is 3.06. The van der Waals surface area contributed by atoms with Gasteiger partial charge in [0.1, 0.15) is 0 Å². The zero-order chi connectivity index (χ0) is 19.4. The second kappa shape index (κ2) is 8.37. The third-order valence-electron chi connectivity index (χ3n) is 5.12. The SMILES string of the molecule is CCCC(=O)N1CCn2ncc(S(C)(=O)=NC(=O)CC3C=CCCC3)c2C1. The average molecular weight is 393 g/mol. The molecule has 1 aliphatic heterocycles. The Hall–Kier alpha value is -1.96. The van der Waals surface area contributed by atoms with Gasteiger partial charge in [-0.2, -0.15) is 9.46 Å². The van der Waals surface area contributed by atoms with Crippen molar-refractivity contribution in [3.63, 3.8) is 0 Å². The summed E-state index contributed by atoms with van der Waals surface area (Å²) in [6.07, 6.45) is 11.9. The Kier molecular flexibility index (Phi) is 6.14. The minimum atomic E-state index is -2.89. The fraction of sp³-hybridized carbons (Fsp3) is 0.632. The van der Waals surface area contributed by atoms with Gasteiger partial charge in [-0.3, -0.25) is 14.3 Å². The van der Waals surface area contributed by atoms with Crippen molar-refractivity contribution in [3.8, 4) is 0 Å². The molecule has 148 valence electrons. The molecule has 0 radical (unpaired) electrons. The van der Waals surface area contributed by atoms with Gasteiger partial charge in [0.05, 0.1) is 39.6 Å². The molecule has 27 heavy (non-hydrogen) atoms. The number of carbonyl (C=O) groups is 2. The van der Waals surface area contributed by atoms with E-state index in [4.69, 9.17) is 0 Å². The van der Waals surface area contributed by atoms with Crippen LogP contribution in [0.15, 0.2) is 27.6 Å². The molecule has 2 atom stereocenters. The first-order valence-electron chi connectivity index (χ1n) is 9.65. The van der Waals surface area contributed by atoms with E-state index in [9.17, 15) is 13.8 Å². The molecule has 3 rings (SSSR count). The van der Waals surface area contributed by atoms with Crippen LogP contribution in [0.25, 0.3) is 0 Å². The first-order valence-corrected chi connectivity index (χ1v) is 11.6. The summed E-state index contributed by atoms with van der Waals surface area (Å²) in [5.74, 6) is -0.0437. The highest BCUT2D eigenvalue weighted by Gasteiger charge is 2.27. The minimum absolute atomic E-state index is 0.0932. The van der Waals surface area contributed by atoms with E-state index in [1.54, 1.807) is 15.8 Å². The summed E-state index contributed by atoms with van der Waals surface area (Å²) in [7, 11) is -2.89. The highest BCUT2D eigenvalue weighted by Crippen LogP contribution is 2.25. The van der Waals surface area contributed by atoms with Gasteiger partial charge in [-0.25, -0.2) is 4.21 Å². The van der Waals surface area contributed by atoms with Crippen molar-refractivity contribution in [3.05, 3.63) is 24.0 Å². The van der Waals surface area contributed by atoms with E-state index in [2.05, 4.69) is 21.6 Å². The normalized spacial score (nSPS) is 21.4. The van der Waals surface area contributed by atoms with Gasteiger partial charge in [0.15, 0.2) is 0 Å². The zero-order valence-corrected chi connectivity index (χ0v) is 16.9. The lowest BCUT2D eigenvalue weighted by molar-refractivity contribution is -0.132. The number of carbonyl (C=O) groups excluding carboxylic acids is 2. The summed E-state index contributed by atoms with van der Waals surface area (Å²) in [5.41, 5.74) is 0.729. The molecule has 2 heterocycles. The highest BCUT2D eigenvalue weighted by molar-refractivity contribution is 7.93. The topological polar surface area (TPSA) is 84.6 Å². The van der Waals surface area contributed by atoms with Crippen molar-refractivity contribution >= 4 is 21.5 Å². The number of nitrogens with zero attached hydrogens (tertiary/aromatic N) is 4. The summed E-state index contributed by atoms with van der Waals surface area (Å²) in [6, 6.07) is 0. The van der Waals surface area contributed by atoms with E-state index in [0.717, 1.165) is 31.4 Å². The van der Waals surface area contributed by atoms with Crippen molar-refractivity contribution in [2.75, 3.05) is 12.8 Å². The standard InChI is InChI=1S/C19H28N4O3S/c1-3-7-19(25)22-10-11-23-16(14-22)17(13-20-23)27(2,26)21-18(24)12-15-8-5-4-6-9-15/h5,8,13,15H,3-4,6-7,9-12,14H2,1-2H3. The van der Waals surface area contributed by atoms with Crippen LogP contribution in [0, 0.1) is 5.92 Å². The molecule has 0 spiro atoms. The summed E-state index contributed by atoms with van der Waals surface area (Å²) in [6.45, 7) is 3.51. The molecule has 2 aliphatic rings. The first kappa shape index (κ1) is 19.8. The monoisotopic (exact) mass is 392 g/mol. The van der Waals surface area contributed by atoms with Crippen LogP contribution in [0.2, 0.25) is 0 Å². The Morgan fingerprint density at radius 2 is 2.19 bits per heavy atom. The molecule has 0 N–H and O–H groups in total. The minimum Gasteiger partial charge on any atom is -0.335 e. The lowest BCUT2D eigenvalue weighted by Crippen LogP contribution is -2.38. The lowest BCUT2D eigenvalue weighted by Gasteiger charge is -2.28.